The summed E-state index contributed by atoms with van der Waals surface area (Å²) in [6.45, 7) is 6.35. The van der Waals surface area contributed by atoms with Crippen LogP contribution >= 0.6 is 0 Å². The van der Waals surface area contributed by atoms with Crippen molar-refractivity contribution in [1.82, 2.24) is 15.5 Å². The molecule has 2 unspecified atom stereocenters. The summed E-state index contributed by atoms with van der Waals surface area (Å²) in [4.78, 5) is 6.06. The van der Waals surface area contributed by atoms with E-state index in [-0.39, 0.29) is 5.92 Å². The molecule has 1 aromatic carbocycles. The zero-order valence-corrected chi connectivity index (χ0v) is 17.6. The molecule has 0 spiro atoms. The fourth-order valence-electron chi connectivity index (χ4n) is 3.53. The topological polar surface area (TPSA) is 48.9 Å². The number of aliphatic imine (C=N–C) groups is 1. The highest BCUT2D eigenvalue weighted by Crippen LogP contribution is 2.23. The van der Waals surface area contributed by atoms with Gasteiger partial charge in [0.25, 0.3) is 0 Å². The zero-order chi connectivity index (χ0) is 21.3. The van der Waals surface area contributed by atoms with Gasteiger partial charge in [-0.15, -0.1) is 0 Å². The summed E-state index contributed by atoms with van der Waals surface area (Å²) in [5.41, 5.74) is 1.25. The molecule has 2 rings (SSSR count). The molecule has 0 aliphatic carbocycles. The molecule has 1 fully saturated rings. The van der Waals surface area contributed by atoms with Crippen LogP contribution in [-0.4, -0.2) is 63.4 Å². The lowest BCUT2D eigenvalue weighted by atomic mass is 9.98. The van der Waals surface area contributed by atoms with Crippen LogP contribution in [0.5, 0.6) is 5.75 Å². The highest BCUT2D eigenvalue weighted by atomic mass is 19.4. The lowest BCUT2D eigenvalue weighted by Gasteiger charge is -2.18. The number of nitrogens with zero attached hydrogens (tertiary/aromatic N) is 2. The van der Waals surface area contributed by atoms with Crippen LogP contribution in [0, 0.1) is 5.92 Å². The third-order valence-electron chi connectivity index (χ3n) is 5.18. The van der Waals surface area contributed by atoms with Crippen molar-refractivity contribution >= 4 is 5.96 Å². The van der Waals surface area contributed by atoms with Gasteiger partial charge in [-0.2, -0.15) is 13.2 Å². The smallest absolute Gasteiger partial charge is 0.401 e. The van der Waals surface area contributed by atoms with Gasteiger partial charge in [-0.25, -0.2) is 0 Å². The summed E-state index contributed by atoms with van der Waals surface area (Å²) >= 11 is 0. The Kier molecular flexibility index (Phi) is 9.07. The molecular formula is C21H33F3N4O. The quantitative estimate of drug-likeness (QED) is 0.479. The van der Waals surface area contributed by atoms with E-state index in [1.807, 2.05) is 19.1 Å². The fraction of sp³-hybridized carbons (Fsp3) is 0.667. The van der Waals surface area contributed by atoms with E-state index in [9.17, 15) is 13.2 Å². The van der Waals surface area contributed by atoms with Crippen LogP contribution in [0.1, 0.15) is 38.2 Å². The van der Waals surface area contributed by atoms with Crippen molar-refractivity contribution in [1.29, 1.82) is 0 Å². The lowest BCUT2D eigenvalue weighted by Crippen LogP contribution is -2.38. The third-order valence-corrected chi connectivity index (χ3v) is 5.18. The number of methoxy groups -OCH3 is 1. The van der Waals surface area contributed by atoms with E-state index in [4.69, 9.17) is 4.74 Å². The van der Waals surface area contributed by atoms with Crippen molar-refractivity contribution in [2.75, 3.05) is 46.4 Å². The fourth-order valence-corrected chi connectivity index (χ4v) is 3.53. The molecule has 5 nitrogen and oxygen atoms in total. The van der Waals surface area contributed by atoms with Crippen LogP contribution in [0.3, 0.4) is 0 Å². The summed E-state index contributed by atoms with van der Waals surface area (Å²) in [6, 6.07) is 8.09. The Bertz CT molecular complexity index is 634. The number of likely N-dealkylation sites (tertiary alicyclic amines) is 1. The highest BCUT2D eigenvalue weighted by molar-refractivity contribution is 5.79. The van der Waals surface area contributed by atoms with E-state index in [1.165, 1.54) is 10.5 Å². The number of hydrogen-bond donors (Lipinski definition) is 2. The van der Waals surface area contributed by atoms with Gasteiger partial charge in [0.15, 0.2) is 5.96 Å². The number of halogens is 3. The van der Waals surface area contributed by atoms with E-state index in [0.29, 0.717) is 25.6 Å². The Balaban J connectivity index is 1.77. The van der Waals surface area contributed by atoms with E-state index in [0.717, 1.165) is 37.6 Å². The van der Waals surface area contributed by atoms with Crippen LogP contribution in [0.2, 0.25) is 0 Å². The molecular weight excluding hydrogens is 381 g/mol. The maximum Gasteiger partial charge on any atom is 0.401 e. The van der Waals surface area contributed by atoms with Crippen molar-refractivity contribution in [3.8, 4) is 5.75 Å². The molecule has 1 heterocycles. The molecule has 1 aliphatic rings. The van der Waals surface area contributed by atoms with Crippen LogP contribution in [0.25, 0.3) is 0 Å². The first-order chi connectivity index (χ1) is 13.8. The Labute approximate surface area is 171 Å². The highest BCUT2D eigenvalue weighted by Gasteiger charge is 2.34. The molecule has 0 radical (unpaired) electrons. The SMILES string of the molecule is CCNC(=NCC1CCN(CC(F)(F)F)C1)NCCC(C)c1ccc(OC)cc1. The first-order valence-electron chi connectivity index (χ1n) is 10.3. The molecule has 1 aliphatic heterocycles. The van der Waals surface area contributed by atoms with E-state index >= 15 is 0 Å². The predicted molar refractivity (Wildman–Crippen MR) is 111 cm³/mol. The summed E-state index contributed by atoms with van der Waals surface area (Å²) in [7, 11) is 1.66. The molecule has 2 N–H and O–H groups in total. The second-order valence-corrected chi connectivity index (χ2v) is 7.61. The standard InChI is InChI=1S/C21H33F3N4O/c1-4-25-20(27-13-17-10-12-28(14-17)15-21(22,23)24)26-11-9-16(2)18-5-7-19(29-3)8-6-18/h5-8,16-17H,4,9-15H2,1-3H3,(H2,25,26,27). The molecule has 1 saturated heterocycles. The number of rotatable bonds is 9. The third kappa shape index (κ3) is 8.51. The predicted octanol–water partition coefficient (Wildman–Crippen LogP) is 3.63. The van der Waals surface area contributed by atoms with E-state index < -0.39 is 12.7 Å². The van der Waals surface area contributed by atoms with Crippen molar-refractivity contribution in [2.45, 2.75) is 38.8 Å². The number of alkyl halides is 3. The first-order valence-corrected chi connectivity index (χ1v) is 10.3. The molecule has 0 saturated carbocycles. The van der Waals surface area contributed by atoms with Gasteiger partial charge >= 0.3 is 6.18 Å². The van der Waals surface area contributed by atoms with Gasteiger partial charge < -0.3 is 15.4 Å². The van der Waals surface area contributed by atoms with Crippen molar-refractivity contribution in [2.24, 2.45) is 10.9 Å². The number of hydrogen-bond acceptors (Lipinski definition) is 3. The van der Waals surface area contributed by atoms with Crippen LogP contribution in [0.4, 0.5) is 13.2 Å². The number of ether oxygens (including phenoxy) is 1. The Morgan fingerprint density at radius 1 is 1.28 bits per heavy atom. The maximum atomic E-state index is 12.5. The summed E-state index contributed by atoms with van der Waals surface area (Å²) in [5.74, 6) is 2.14. The van der Waals surface area contributed by atoms with E-state index in [1.54, 1.807) is 7.11 Å². The molecule has 0 aromatic heterocycles. The van der Waals surface area contributed by atoms with Crippen LogP contribution in [0.15, 0.2) is 29.3 Å². The van der Waals surface area contributed by atoms with Crippen LogP contribution in [-0.2, 0) is 0 Å². The molecule has 2 atom stereocenters. The second-order valence-electron chi connectivity index (χ2n) is 7.61. The van der Waals surface area contributed by atoms with E-state index in [2.05, 4.69) is 34.7 Å². The monoisotopic (exact) mass is 414 g/mol. The minimum absolute atomic E-state index is 0.172. The van der Waals surface area contributed by atoms with Crippen molar-refractivity contribution < 1.29 is 17.9 Å². The summed E-state index contributed by atoms with van der Waals surface area (Å²) in [6.07, 6.45) is -2.43. The largest absolute Gasteiger partial charge is 0.497 e. The maximum absolute atomic E-state index is 12.5. The molecule has 1 aromatic rings. The molecule has 0 amide bonds. The van der Waals surface area contributed by atoms with Gasteiger partial charge in [-0.05, 0) is 55.8 Å². The van der Waals surface area contributed by atoms with Crippen LogP contribution < -0.4 is 15.4 Å². The zero-order valence-electron chi connectivity index (χ0n) is 17.6. The van der Waals surface area contributed by atoms with Gasteiger partial charge in [0.05, 0.1) is 13.7 Å². The van der Waals surface area contributed by atoms with Crippen molar-refractivity contribution in [3.63, 3.8) is 0 Å². The Morgan fingerprint density at radius 2 is 2.00 bits per heavy atom. The molecule has 29 heavy (non-hydrogen) atoms. The number of benzene rings is 1. The van der Waals surface area contributed by atoms with Gasteiger partial charge in [0, 0.05) is 26.2 Å². The van der Waals surface area contributed by atoms with Gasteiger partial charge in [0.2, 0.25) is 0 Å². The first kappa shape index (κ1) is 23.3. The van der Waals surface area contributed by atoms with Gasteiger partial charge in [0.1, 0.15) is 5.75 Å². The summed E-state index contributed by atoms with van der Waals surface area (Å²) < 4.78 is 42.7. The number of nitrogens with one attached hydrogen (secondary N) is 2. The Morgan fingerprint density at radius 3 is 2.62 bits per heavy atom. The van der Waals surface area contributed by atoms with Crippen molar-refractivity contribution in [3.05, 3.63) is 29.8 Å². The normalized spacial score (nSPS) is 19.2. The average Bonchev–Trinajstić information content (AvgIpc) is 3.11. The second kappa shape index (κ2) is 11.3. The minimum Gasteiger partial charge on any atom is -0.497 e. The van der Waals surface area contributed by atoms with Gasteiger partial charge in [-0.1, -0.05) is 19.1 Å². The average molecular weight is 415 g/mol. The lowest BCUT2D eigenvalue weighted by molar-refractivity contribution is -0.143. The Hall–Kier alpha value is -1.96. The number of guanidine groups is 1. The molecule has 164 valence electrons. The summed E-state index contributed by atoms with van der Waals surface area (Å²) in [5, 5.41) is 6.55. The molecule has 0 bridgehead atoms. The minimum atomic E-state index is -4.13. The molecule has 8 heteroatoms. The van der Waals surface area contributed by atoms with Gasteiger partial charge in [-0.3, -0.25) is 9.89 Å².